The second kappa shape index (κ2) is 8.36. The van der Waals surface area contributed by atoms with Gasteiger partial charge in [0, 0.05) is 37.9 Å². The van der Waals surface area contributed by atoms with Gasteiger partial charge in [-0.2, -0.15) is 0 Å². The maximum atomic E-state index is 10.8. The lowest BCUT2D eigenvalue weighted by atomic mass is 9.90. The van der Waals surface area contributed by atoms with Crippen LogP contribution in [0, 0.1) is 11.8 Å². The molecule has 0 aromatic rings. The van der Waals surface area contributed by atoms with Gasteiger partial charge in [-0.3, -0.25) is 4.79 Å². The molecule has 0 radical (unpaired) electrons. The van der Waals surface area contributed by atoms with E-state index in [1.807, 2.05) is 6.92 Å². The van der Waals surface area contributed by atoms with Gasteiger partial charge in [-0.15, -0.1) is 0 Å². The van der Waals surface area contributed by atoms with Crippen molar-refractivity contribution in [2.45, 2.75) is 44.5 Å². The SMILES string of the molecule is CCOCCC(O)C=CC1C(O)CC(O)C1CC(=O)O. The van der Waals surface area contributed by atoms with Crippen LogP contribution >= 0.6 is 0 Å². The molecular formula is C14H24O6. The standard InChI is InChI=1S/C14H24O6/c1-2-20-6-5-9(15)3-4-10-11(7-14(18)19)13(17)8-12(10)16/h3-4,9-13,15-17H,2,5-8H2,1H3,(H,18,19). The predicted octanol–water partition coefficient (Wildman–Crippen LogP) is 0.163. The molecule has 0 heterocycles. The van der Waals surface area contributed by atoms with Gasteiger partial charge in [0.1, 0.15) is 0 Å². The zero-order chi connectivity index (χ0) is 15.1. The molecule has 4 N–H and O–H groups in total. The van der Waals surface area contributed by atoms with Gasteiger partial charge in [0.05, 0.1) is 24.7 Å². The summed E-state index contributed by atoms with van der Waals surface area (Å²) in [6.45, 7) is 2.90. The number of hydrogen-bond donors (Lipinski definition) is 4. The minimum absolute atomic E-state index is 0.169. The molecule has 0 amide bonds. The maximum Gasteiger partial charge on any atom is 0.303 e. The van der Waals surface area contributed by atoms with Crippen LogP contribution in [0.3, 0.4) is 0 Å². The molecule has 1 fully saturated rings. The van der Waals surface area contributed by atoms with Crippen molar-refractivity contribution >= 4 is 5.97 Å². The van der Waals surface area contributed by atoms with Gasteiger partial charge in [-0.05, 0) is 6.92 Å². The maximum absolute atomic E-state index is 10.8. The van der Waals surface area contributed by atoms with Crippen molar-refractivity contribution in [2.75, 3.05) is 13.2 Å². The summed E-state index contributed by atoms with van der Waals surface area (Å²) in [5.41, 5.74) is 0. The first-order valence-corrected chi connectivity index (χ1v) is 6.97. The van der Waals surface area contributed by atoms with Gasteiger partial charge in [0.25, 0.3) is 0 Å². The van der Waals surface area contributed by atoms with Gasteiger partial charge in [0.15, 0.2) is 0 Å². The van der Waals surface area contributed by atoms with Gasteiger partial charge in [0.2, 0.25) is 0 Å². The van der Waals surface area contributed by atoms with Crippen LogP contribution in [0.25, 0.3) is 0 Å². The van der Waals surface area contributed by atoms with Crippen LogP contribution in [0.4, 0.5) is 0 Å². The summed E-state index contributed by atoms with van der Waals surface area (Å²) in [4.78, 5) is 10.8. The quantitative estimate of drug-likeness (QED) is 0.374. The molecule has 5 unspecified atom stereocenters. The largest absolute Gasteiger partial charge is 0.481 e. The van der Waals surface area contributed by atoms with Crippen molar-refractivity contribution in [3.8, 4) is 0 Å². The van der Waals surface area contributed by atoms with Crippen LogP contribution in [0.1, 0.15) is 26.2 Å². The number of rotatable bonds is 8. The summed E-state index contributed by atoms with van der Waals surface area (Å²) in [7, 11) is 0. The monoisotopic (exact) mass is 288 g/mol. The number of aliphatic hydroxyl groups excluding tert-OH is 3. The van der Waals surface area contributed by atoms with Gasteiger partial charge < -0.3 is 25.2 Å². The Labute approximate surface area is 118 Å². The highest BCUT2D eigenvalue weighted by molar-refractivity contribution is 5.67. The number of hydrogen-bond acceptors (Lipinski definition) is 5. The molecular weight excluding hydrogens is 264 g/mol. The van der Waals surface area contributed by atoms with E-state index in [-0.39, 0.29) is 12.8 Å². The van der Waals surface area contributed by atoms with E-state index in [9.17, 15) is 20.1 Å². The number of carboxylic acid groups (broad SMARTS) is 1. The number of aliphatic hydroxyl groups is 3. The Kier molecular flexibility index (Phi) is 7.15. The molecule has 5 atom stereocenters. The lowest BCUT2D eigenvalue weighted by Gasteiger charge is -2.19. The zero-order valence-electron chi connectivity index (χ0n) is 11.7. The topological polar surface area (TPSA) is 107 Å². The second-order valence-corrected chi connectivity index (χ2v) is 5.15. The van der Waals surface area contributed by atoms with Crippen molar-refractivity contribution in [2.24, 2.45) is 11.8 Å². The molecule has 0 bridgehead atoms. The highest BCUT2D eigenvalue weighted by Gasteiger charge is 2.41. The Balaban J connectivity index is 2.55. The first-order chi connectivity index (χ1) is 9.45. The first-order valence-electron chi connectivity index (χ1n) is 6.97. The van der Waals surface area contributed by atoms with Crippen LogP contribution in [0.2, 0.25) is 0 Å². The number of carboxylic acids is 1. The lowest BCUT2D eigenvalue weighted by molar-refractivity contribution is -0.139. The molecule has 20 heavy (non-hydrogen) atoms. The fourth-order valence-electron chi connectivity index (χ4n) is 2.57. The van der Waals surface area contributed by atoms with E-state index >= 15 is 0 Å². The average Bonchev–Trinajstić information content (AvgIpc) is 2.62. The van der Waals surface area contributed by atoms with E-state index in [2.05, 4.69) is 0 Å². The van der Waals surface area contributed by atoms with Crippen molar-refractivity contribution in [1.29, 1.82) is 0 Å². The van der Waals surface area contributed by atoms with Crippen LogP contribution in [0.15, 0.2) is 12.2 Å². The third-order valence-corrected chi connectivity index (χ3v) is 3.64. The van der Waals surface area contributed by atoms with E-state index < -0.39 is 36.1 Å². The molecule has 0 spiro atoms. The minimum Gasteiger partial charge on any atom is -0.481 e. The molecule has 6 heteroatoms. The fraction of sp³-hybridized carbons (Fsp3) is 0.786. The Morgan fingerprint density at radius 1 is 1.40 bits per heavy atom. The van der Waals surface area contributed by atoms with E-state index in [1.165, 1.54) is 0 Å². The lowest BCUT2D eigenvalue weighted by Crippen LogP contribution is -2.23. The van der Waals surface area contributed by atoms with E-state index in [0.29, 0.717) is 19.6 Å². The Morgan fingerprint density at radius 3 is 2.70 bits per heavy atom. The third-order valence-electron chi connectivity index (χ3n) is 3.64. The van der Waals surface area contributed by atoms with E-state index in [4.69, 9.17) is 9.84 Å². The average molecular weight is 288 g/mol. The van der Waals surface area contributed by atoms with Gasteiger partial charge in [-0.25, -0.2) is 0 Å². The molecule has 6 nitrogen and oxygen atoms in total. The van der Waals surface area contributed by atoms with Crippen molar-refractivity contribution in [3.63, 3.8) is 0 Å². The summed E-state index contributed by atoms with van der Waals surface area (Å²) < 4.78 is 5.13. The molecule has 0 aromatic carbocycles. The molecule has 1 aliphatic rings. The number of aliphatic carboxylic acids is 1. The Bertz CT molecular complexity index is 330. The second-order valence-electron chi connectivity index (χ2n) is 5.15. The number of carbonyl (C=O) groups is 1. The Hall–Kier alpha value is -0.950. The molecule has 0 saturated heterocycles. The summed E-state index contributed by atoms with van der Waals surface area (Å²) in [5, 5.41) is 38.2. The van der Waals surface area contributed by atoms with Crippen LogP contribution in [-0.2, 0) is 9.53 Å². The van der Waals surface area contributed by atoms with Crippen LogP contribution in [-0.4, -0.2) is 57.9 Å². The molecule has 1 aliphatic carbocycles. The third kappa shape index (κ3) is 5.20. The van der Waals surface area contributed by atoms with Crippen LogP contribution in [0.5, 0.6) is 0 Å². The van der Waals surface area contributed by atoms with Crippen LogP contribution < -0.4 is 0 Å². The van der Waals surface area contributed by atoms with Crippen molar-refractivity contribution < 1.29 is 30.0 Å². The molecule has 1 saturated carbocycles. The molecule has 0 aliphatic heterocycles. The van der Waals surface area contributed by atoms with Crippen molar-refractivity contribution in [3.05, 3.63) is 12.2 Å². The summed E-state index contributed by atoms with van der Waals surface area (Å²) >= 11 is 0. The summed E-state index contributed by atoms with van der Waals surface area (Å²) in [5.74, 6) is -1.96. The normalized spacial score (nSPS) is 31.8. The highest BCUT2D eigenvalue weighted by atomic mass is 16.5. The highest BCUT2D eigenvalue weighted by Crippen LogP contribution is 2.36. The van der Waals surface area contributed by atoms with E-state index in [0.717, 1.165) is 0 Å². The van der Waals surface area contributed by atoms with Crippen molar-refractivity contribution in [1.82, 2.24) is 0 Å². The zero-order valence-corrected chi connectivity index (χ0v) is 11.7. The summed E-state index contributed by atoms with van der Waals surface area (Å²) in [6.07, 6.45) is 1.28. The Morgan fingerprint density at radius 2 is 2.10 bits per heavy atom. The van der Waals surface area contributed by atoms with E-state index in [1.54, 1.807) is 12.2 Å². The number of ether oxygens (including phenoxy) is 1. The summed E-state index contributed by atoms with van der Waals surface area (Å²) in [6, 6.07) is 0. The minimum atomic E-state index is -1.00. The molecule has 0 aromatic heterocycles. The molecule has 116 valence electrons. The molecule has 1 rings (SSSR count). The predicted molar refractivity (Wildman–Crippen MR) is 72.1 cm³/mol. The first kappa shape index (κ1) is 17.1. The van der Waals surface area contributed by atoms with Gasteiger partial charge >= 0.3 is 5.97 Å². The van der Waals surface area contributed by atoms with Gasteiger partial charge in [-0.1, -0.05) is 12.2 Å². The fourth-order valence-corrected chi connectivity index (χ4v) is 2.57. The smallest absolute Gasteiger partial charge is 0.303 e.